The molecule has 0 bridgehead atoms. The van der Waals surface area contributed by atoms with Crippen molar-refractivity contribution in [1.82, 2.24) is 0 Å². The van der Waals surface area contributed by atoms with E-state index in [1.54, 1.807) is 22.6 Å². The van der Waals surface area contributed by atoms with Crippen LogP contribution < -0.4 is 5.73 Å². The molecule has 0 amide bonds. The molecule has 0 aromatic heterocycles. The van der Waals surface area contributed by atoms with Crippen molar-refractivity contribution in [2.45, 2.75) is 5.48 Å². The lowest BCUT2D eigenvalue weighted by Gasteiger charge is -2.17. The van der Waals surface area contributed by atoms with Crippen LogP contribution in [-0.2, 0) is 4.79 Å². The van der Waals surface area contributed by atoms with Crippen LogP contribution in [0.25, 0.3) is 0 Å². The Kier molecular flexibility index (Phi) is 4.55. The van der Waals surface area contributed by atoms with Crippen LogP contribution in [0.15, 0.2) is 0 Å². The molecule has 0 aliphatic heterocycles. The third kappa shape index (κ3) is 3.01. The Balaban J connectivity index is 4.19. The smallest absolute Gasteiger partial charge is 0.335 e. The molecule has 3 N–H and O–H groups in total. The van der Waals surface area contributed by atoms with Gasteiger partial charge in [-0.2, -0.15) is 0 Å². The summed E-state index contributed by atoms with van der Waals surface area (Å²) in [6, 6.07) is 0. The predicted octanol–water partition coefficient (Wildman–Crippen LogP) is 1.36. The van der Waals surface area contributed by atoms with Gasteiger partial charge in [0.25, 0.3) is 0 Å². The molecule has 6 heteroatoms. The topological polar surface area (TPSA) is 63.3 Å². The zero-order chi connectivity index (χ0) is 7.65. The fourth-order valence-electron chi connectivity index (χ4n) is 0.0933. The van der Waals surface area contributed by atoms with Crippen molar-refractivity contribution in [3.8, 4) is 0 Å². The van der Waals surface area contributed by atoms with Gasteiger partial charge < -0.3 is 10.8 Å². The van der Waals surface area contributed by atoms with E-state index in [2.05, 4.69) is 0 Å². The number of hydrogen-bond donors (Lipinski definition) is 2. The van der Waals surface area contributed by atoms with Crippen molar-refractivity contribution in [2.24, 2.45) is 5.73 Å². The largest absolute Gasteiger partial charge is 0.479 e. The van der Waals surface area contributed by atoms with Gasteiger partial charge in [-0.3, -0.25) is 0 Å². The number of alkyl halides is 3. The third-order valence-corrected chi connectivity index (χ3v) is 6.08. The molecule has 0 aliphatic carbocycles. The van der Waals surface area contributed by atoms with E-state index in [4.69, 9.17) is 10.8 Å². The van der Waals surface area contributed by atoms with E-state index < -0.39 is 9.51 Å². The van der Waals surface area contributed by atoms with Crippen LogP contribution in [0.1, 0.15) is 0 Å². The Hall–Kier alpha value is 1.62. The minimum absolute atomic E-state index is 0.106. The van der Waals surface area contributed by atoms with Gasteiger partial charge in [0.15, 0.2) is 3.55 Å². The summed E-state index contributed by atoms with van der Waals surface area (Å²) in [6.07, 6.45) is 0. The summed E-state index contributed by atoms with van der Waals surface area (Å²) in [5, 5.41) is 8.47. The molecule has 1 atom stereocenters. The van der Waals surface area contributed by atoms with E-state index in [0.717, 1.165) is 0 Å². The maximum absolute atomic E-state index is 10.3. The number of nitrogens with two attached hydrogens (primary N) is 1. The van der Waals surface area contributed by atoms with Gasteiger partial charge in [-0.25, -0.2) is 4.79 Å². The van der Waals surface area contributed by atoms with Crippen LogP contribution in [0.3, 0.4) is 0 Å². The molecule has 0 aromatic rings. The molecule has 0 rings (SSSR count). The van der Waals surface area contributed by atoms with Gasteiger partial charge in [0.05, 0.1) is 0 Å². The molecule has 0 heterocycles. The SMILES string of the molecule is NC(I)(C(=O)O)C(I)I. The molecule has 9 heavy (non-hydrogen) atoms. The first kappa shape index (κ1) is 10.6. The molecule has 0 aliphatic rings. The molecule has 0 saturated carbocycles. The van der Waals surface area contributed by atoms with Crippen LogP contribution >= 0.6 is 67.8 Å². The summed E-state index contributed by atoms with van der Waals surface area (Å²) < 4.78 is -1.25. The number of hydrogen-bond acceptors (Lipinski definition) is 2. The maximum Gasteiger partial charge on any atom is 0.335 e. The Labute approximate surface area is 93.6 Å². The van der Waals surface area contributed by atoms with Gasteiger partial charge in [-0.1, -0.05) is 45.2 Å². The number of halogens is 3. The van der Waals surface area contributed by atoms with Gasteiger partial charge in [0, 0.05) is 0 Å². The molecule has 54 valence electrons. The highest BCUT2D eigenvalue weighted by Crippen LogP contribution is 2.28. The Morgan fingerprint density at radius 1 is 1.67 bits per heavy atom. The zero-order valence-electron chi connectivity index (χ0n) is 4.14. The lowest BCUT2D eigenvalue weighted by Crippen LogP contribution is -2.46. The summed E-state index contributed by atoms with van der Waals surface area (Å²) in [7, 11) is 0. The van der Waals surface area contributed by atoms with Gasteiger partial charge in [-0.15, -0.1) is 0 Å². The Bertz CT molecular complexity index is 124. The van der Waals surface area contributed by atoms with Crippen LogP contribution in [0.2, 0.25) is 0 Å². The van der Waals surface area contributed by atoms with Crippen molar-refractivity contribution >= 4 is 73.7 Å². The zero-order valence-corrected chi connectivity index (χ0v) is 10.6. The second-order valence-electron chi connectivity index (χ2n) is 1.37. The minimum Gasteiger partial charge on any atom is -0.479 e. The predicted molar refractivity (Wildman–Crippen MR) is 60.4 cm³/mol. The molecule has 0 spiro atoms. The lowest BCUT2D eigenvalue weighted by atomic mass is 10.4. The van der Waals surface area contributed by atoms with Crippen molar-refractivity contribution in [3.63, 3.8) is 0 Å². The van der Waals surface area contributed by atoms with E-state index in [0.29, 0.717) is 0 Å². The highest BCUT2D eigenvalue weighted by Gasteiger charge is 2.36. The van der Waals surface area contributed by atoms with Crippen molar-refractivity contribution in [2.75, 3.05) is 0 Å². The van der Waals surface area contributed by atoms with Crippen LogP contribution in [0, 0.1) is 0 Å². The molecular weight excluding hydrogens is 463 g/mol. The molecule has 0 aromatic carbocycles. The van der Waals surface area contributed by atoms with Crippen molar-refractivity contribution in [1.29, 1.82) is 0 Å². The van der Waals surface area contributed by atoms with Crippen molar-refractivity contribution in [3.05, 3.63) is 0 Å². The summed E-state index contributed by atoms with van der Waals surface area (Å²) in [5.74, 6) is -0.975. The monoisotopic (exact) mass is 467 g/mol. The summed E-state index contributed by atoms with van der Waals surface area (Å²) in [5.41, 5.74) is 5.37. The standard InChI is InChI=1S/C3H4I3NO2/c4-1(5)3(6,7)2(8)9/h1H,7H2,(H,8,9). The molecule has 3 nitrogen and oxygen atoms in total. The average molecular weight is 467 g/mol. The van der Waals surface area contributed by atoms with Crippen LogP contribution in [-0.4, -0.2) is 16.6 Å². The normalized spacial score (nSPS) is 17.4. The highest BCUT2D eigenvalue weighted by molar-refractivity contribution is 14.2. The van der Waals surface area contributed by atoms with E-state index >= 15 is 0 Å². The second kappa shape index (κ2) is 3.85. The van der Waals surface area contributed by atoms with E-state index in [1.165, 1.54) is 0 Å². The lowest BCUT2D eigenvalue weighted by molar-refractivity contribution is -0.138. The van der Waals surface area contributed by atoms with Gasteiger partial charge in [0.2, 0.25) is 0 Å². The summed E-state index contributed by atoms with van der Waals surface area (Å²) >= 11 is 5.67. The van der Waals surface area contributed by atoms with E-state index in [-0.39, 0.29) is 1.93 Å². The van der Waals surface area contributed by atoms with E-state index in [1.807, 2.05) is 45.2 Å². The number of rotatable bonds is 2. The van der Waals surface area contributed by atoms with Gasteiger partial charge in [-0.05, 0) is 22.6 Å². The average Bonchev–Trinajstić information content (AvgIpc) is 1.65. The molecule has 0 radical (unpaired) electrons. The molecule has 0 fully saturated rings. The second-order valence-corrected chi connectivity index (χ2v) is 8.03. The summed E-state index contributed by atoms with van der Waals surface area (Å²) in [6.45, 7) is 0. The summed E-state index contributed by atoms with van der Waals surface area (Å²) in [4.78, 5) is 10.3. The number of carboxylic acid groups (broad SMARTS) is 1. The maximum atomic E-state index is 10.3. The number of carboxylic acids is 1. The van der Waals surface area contributed by atoms with Crippen molar-refractivity contribution < 1.29 is 9.90 Å². The molecule has 1 unspecified atom stereocenters. The number of aliphatic carboxylic acids is 1. The third-order valence-electron chi connectivity index (χ3n) is 0.645. The minimum atomic E-state index is -1.14. The Morgan fingerprint density at radius 2 is 2.00 bits per heavy atom. The van der Waals surface area contributed by atoms with Crippen LogP contribution in [0.5, 0.6) is 0 Å². The van der Waals surface area contributed by atoms with E-state index in [9.17, 15) is 4.79 Å². The van der Waals surface area contributed by atoms with Gasteiger partial charge >= 0.3 is 5.97 Å². The first-order valence-electron chi connectivity index (χ1n) is 1.88. The fraction of sp³-hybridized carbons (Fsp3) is 0.667. The first-order chi connectivity index (χ1) is 3.89. The quantitative estimate of drug-likeness (QED) is 0.367. The Morgan fingerprint density at radius 3 is 2.00 bits per heavy atom. The highest BCUT2D eigenvalue weighted by atomic mass is 127. The van der Waals surface area contributed by atoms with Crippen LogP contribution in [0.4, 0.5) is 0 Å². The number of carbonyl (C=O) groups is 1. The molecule has 0 saturated heterocycles. The first-order valence-corrected chi connectivity index (χ1v) is 5.45. The fourth-order valence-corrected chi connectivity index (χ4v) is 0.626. The molecular formula is C3H4I3NO2. The van der Waals surface area contributed by atoms with Gasteiger partial charge in [0.1, 0.15) is 1.93 Å².